The normalized spacial score (nSPS) is 16.3. The molecule has 2 rings (SSSR count). The van der Waals surface area contributed by atoms with Crippen molar-refractivity contribution in [3.05, 3.63) is 35.6 Å². The second kappa shape index (κ2) is 7.41. The molecule has 0 radical (unpaired) electrons. The highest BCUT2D eigenvalue weighted by Crippen LogP contribution is 2.06. The Morgan fingerprint density at radius 3 is 2.38 bits per heavy atom. The lowest BCUT2D eigenvalue weighted by molar-refractivity contribution is 0.131. The molecule has 2 amide bonds. The molecular formula is C16H24FN3O. The summed E-state index contributed by atoms with van der Waals surface area (Å²) in [7, 11) is 0. The van der Waals surface area contributed by atoms with Gasteiger partial charge in [-0.15, -0.1) is 0 Å². The lowest BCUT2D eigenvalue weighted by Gasteiger charge is -2.35. The van der Waals surface area contributed by atoms with E-state index in [-0.39, 0.29) is 11.8 Å². The first-order valence-electron chi connectivity index (χ1n) is 7.54. The quantitative estimate of drug-likeness (QED) is 0.924. The molecule has 116 valence electrons. The van der Waals surface area contributed by atoms with Crippen molar-refractivity contribution in [1.29, 1.82) is 0 Å². The molecule has 1 heterocycles. The van der Waals surface area contributed by atoms with E-state index in [0.29, 0.717) is 12.5 Å². The molecule has 1 aromatic rings. The standard InChI is InChI=1S/C16H24FN3O/c1-13(2)12-19-7-9-20(10-8-19)16(21)18-11-14-3-5-15(17)6-4-14/h3-6,13H,7-12H2,1-2H3,(H,18,21). The van der Waals surface area contributed by atoms with Gasteiger partial charge in [0, 0.05) is 39.3 Å². The van der Waals surface area contributed by atoms with Gasteiger partial charge in [0.15, 0.2) is 0 Å². The van der Waals surface area contributed by atoms with E-state index in [2.05, 4.69) is 24.1 Å². The number of urea groups is 1. The fourth-order valence-electron chi connectivity index (χ4n) is 2.54. The van der Waals surface area contributed by atoms with E-state index in [0.717, 1.165) is 38.3 Å². The molecule has 0 spiro atoms. The Morgan fingerprint density at radius 1 is 1.19 bits per heavy atom. The number of amides is 2. The SMILES string of the molecule is CC(C)CN1CCN(C(=O)NCc2ccc(F)cc2)CC1. The monoisotopic (exact) mass is 293 g/mol. The number of carbonyl (C=O) groups excluding carboxylic acids is 1. The number of rotatable bonds is 4. The van der Waals surface area contributed by atoms with Crippen molar-refractivity contribution in [2.75, 3.05) is 32.7 Å². The minimum atomic E-state index is -0.258. The fourth-order valence-corrected chi connectivity index (χ4v) is 2.54. The Balaban J connectivity index is 1.73. The van der Waals surface area contributed by atoms with Gasteiger partial charge in [0.1, 0.15) is 5.82 Å². The summed E-state index contributed by atoms with van der Waals surface area (Å²) >= 11 is 0. The highest BCUT2D eigenvalue weighted by atomic mass is 19.1. The second-order valence-electron chi connectivity index (χ2n) is 5.97. The molecule has 0 unspecified atom stereocenters. The van der Waals surface area contributed by atoms with Crippen LogP contribution in [-0.2, 0) is 6.54 Å². The van der Waals surface area contributed by atoms with Crippen LogP contribution in [0.3, 0.4) is 0 Å². The molecule has 1 saturated heterocycles. The smallest absolute Gasteiger partial charge is 0.317 e. The van der Waals surface area contributed by atoms with Crippen LogP contribution in [0, 0.1) is 11.7 Å². The van der Waals surface area contributed by atoms with Crippen LogP contribution >= 0.6 is 0 Å². The first kappa shape index (κ1) is 15.8. The summed E-state index contributed by atoms with van der Waals surface area (Å²) in [5.74, 6) is 0.398. The lowest BCUT2D eigenvalue weighted by atomic mass is 10.2. The van der Waals surface area contributed by atoms with Crippen molar-refractivity contribution in [3.63, 3.8) is 0 Å². The molecule has 0 aliphatic carbocycles. The van der Waals surface area contributed by atoms with Crippen molar-refractivity contribution < 1.29 is 9.18 Å². The van der Waals surface area contributed by atoms with Crippen molar-refractivity contribution in [3.8, 4) is 0 Å². The van der Waals surface area contributed by atoms with Crippen LogP contribution < -0.4 is 5.32 Å². The summed E-state index contributed by atoms with van der Waals surface area (Å²) in [5, 5.41) is 2.89. The molecule has 1 fully saturated rings. The molecule has 21 heavy (non-hydrogen) atoms. The van der Waals surface area contributed by atoms with Crippen LogP contribution in [0.5, 0.6) is 0 Å². The molecule has 1 aromatic carbocycles. The van der Waals surface area contributed by atoms with Crippen LogP contribution in [-0.4, -0.2) is 48.6 Å². The van der Waals surface area contributed by atoms with E-state index in [9.17, 15) is 9.18 Å². The van der Waals surface area contributed by atoms with Crippen LogP contribution in [0.1, 0.15) is 19.4 Å². The van der Waals surface area contributed by atoms with Gasteiger partial charge in [-0.1, -0.05) is 26.0 Å². The van der Waals surface area contributed by atoms with Gasteiger partial charge >= 0.3 is 6.03 Å². The third-order valence-electron chi connectivity index (χ3n) is 3.64. The van der Waals surface area contributed by atoms with Crippen LogP contribution in [0.4, 0.5) is 9.18 Å². The molecule has 5 heteroatoms. The topological polar surface area (TPSA) is 35.6 Å². The highest BCUT2D eigenvalue weighted by molar-refractivity contribution is 5.74. The summed E-state index contributed by atoms with van der Waals surface area (Å²) in [6.45, 7) is 9.34. The largest absolute Gasteiger partial charge is 0.334 e. The van der Waals surface area contributed by atoms with E-state index in [1.807, 2.05) is 4.90 Å². The van der Waals surface area contributed by atoms with Crippen molar-refractivity contribution >= 4 is 6.03 Å². The number of nitrogens with zero attached hydrogens (tertiary/aromatic N) is 2. The van der Waals surface area contributed by atoms with Gasteiger partial charge in [-0.2, -0.15) is 0 Å². The zero-order chi connectivity index (χ0) is 15.2. The first-order valence-corrected chi connectivity index (χ1v) is 7.54. The van der Waals surface area contributed by atoms with E-state index >= 15 is 0 Å². The van der Waals surface area contributed by atoms with Crippen LogP contribution in [0.25, 0.3) is 0 Å². The maximum Gasteiger partial charge on any atom is 0.317 e. The van der Waals surface area contributed by atoms with Crippen LogP contribution in [0.2, 0.25) is 0 Å². The fraction of sp³-hybridized carbons (Fsp3) is 0.562. The maximum atomic E-state index is 12.8. The number of nitrogens with one attached hydrogen (secondary N) is 1. The Bertz CT molecular complexity index is 453. The minimum Gasteiger partial charge on any atom is -0.334 e. The number of piperazine rings is 1. The summed E-state index contributed by atoms with van der Waals surface area (Å²) < 4.78 is 12.8. The molecule has 0 atom stereocenters. The van der Waals surface area contributed by atoms with Gasteiger partial charge in [-0.05, 0) is 23.6 Å². The number of benzene rings is 1. The van der Waals surface area contributed by atoms with Gasteiger partial charge in [-0.25, -0.2) is 9.18 Å². The summed E-state index contributed by atoms with van der Waals surface area (Å²) in [5.41, 5.74) is 0.906. The Hall–Kier alpha value is -1.62. The Labute approximate surface area is 125 Å². The van der Waals surface area contributed by atoms with Crippen molar-refractivity contribution in [2.45, 2.75) is 20.4 Å². The molecule has 0 aromatic heterocycles. The predicted octanol–water partition coefficient (Wildman–Crippen LogP) is 2.31. The summed E-state index contributed by atoms with van der Waals surface area (Å²) in [6.07, 6.45) is 0. The Morgan fingerprint density at radius 2 is 1.81 bits per heavy atom. The lowest BCUT2D eigenvalue weighted by Crippen LogP contribution is -2.52. The van der Waals surface area contributed by atoms with Crippen molar-refractivity contribution in [1.82, 2.24) is 15.1 Å². The highest BCUT2D eigenvalue weighted by Gasteiger charge is 2.20. The number of hydrogen-bond donors (Lipinski definition) is 1. The molecule has 1 aliphatic rings. The van der Waals surface area contributed by atoms with E-state index in [1.165, 1.54) is 12.1 Å². The zero-order valence-corrected chi connectivity index (χ0v) is 12.8. The zero-order valence-electron chi connectivity index (χ0n) is 12.8. The van der Waals surface area contributed by atoms with Gasteiger partial charge in [-0.3, -0.25) is 4.90 Å². The average Bonchev–Trinajstić information content (AvgIpc) is 2.46. The van der Waals surface area contributed by atoms with Gasteiger partial charge in [0.25, 0.3) is 0 Å². The third kappa shape index (κ3) is 5.01. The van der Waals surface area contributed by atoms with E-state index in [1.54, 1.807) is 12.1 Å². The number of halogens is 1. The average molecular weight is 293 g/mol. The maximum absolute atomic E-state index is 12.8. The molecule has 0 saturated carbocycles. The van der Waals surface area contributed by atoms with Crippen LogP contribution in [0.15, 0.2) is 24.3 Å². The van der Waals surface area contributed by atoms with E-state index < -0.39 is 0 Å². The molecule has 0 bridgehead atoms. The van der Waals surface area contributed by atoms with Crippen molar-refractivity contribution in [2.24, 2.45) is 5.92 Å². The summed E-state index contributed by atoms with van der Waals surface area (Å²) in [4.78, 5) is 16.3. The van der Waals surface area contributed by atoms with Gasteiger partial charge in [0.05, 0.1) is 0 Å². The van der Waals surface area contributed by atoms with Gasteiger partial charge in [0.2, 0.25) is 0 Å². The number of carbonyl (C=O) groups is 1. The molecule has 1 N–H and O–H groups in total. The summed E-state index contributed by atoms with van der Waals surface area (Å²) in [6, 6.07) is 6.16. The molecular weight excluding hydrogens is 269 g/mol. The molecule has 1 aliphatic heterocycles. The third-order valence-corrected chi connectivity index (χ3v) is 3.64. The Kier molecular flexibility index (Phi) is 5.56. The number of hydrogen-bond acceptors (Lipinski definition) is 2. The first-order chi connectivity index (χ1) is 10.0. The van der Waals surface area contributed by atoms with Gasteiger partial charge < -0.3 is 10.2 Å². The minimum absolute atomic E-state index is 0.0384. The predicted molar refractivity (Wildman–Crippen MR) is 81.5 cm³/mol. The van der Waals surface area contributed by atoms with E-state index in [4.69, 9.17) is 0 Å². The second-order valence-corrected chi connectivity index (χ2v) is 5.97. The molecule has 4 nitrogen and oxygen atoms in total.